The molecule has 1 saturated heterocycles. The Morgan fingerprint density at radius 3 is 2.48 bits per heavy atom. The summed E-state index contributed by atoms with van der Waals surface area (Å²) in [4.78, 5) is 2.38. The van der Waals surface area contributed by atoms with E-state index in [1.807, 2.05) is 24.3 Å². The van der Waals surface area contributed by atoms with Crippen molar-refractivity contribution in [2.24, 2.45) is 10.9 Å². The molecule has 1 fully saturated rings. The highest BCUT2D eigenvalue weighted by Gasteiger charge is 2.23. The van der Waals surface area contributed by atoms with Gasteiger partial charge in [0.05, 0.1) is 0 Å². The van der Waals surface area contributed by atoms with E-state index in [1.165, 1.54) is 17.7 Å². The van der Waals surface area contributed by atoms with Crippen molar-refractivity contribution in [3.05, 3.63) is 65.7 Å². The summed E-state index contributed by atoms with van der Waals surface area (Å²) in [6.45, 7) is 2.09. The van der Waals surface area contributed by atoms with Crippen molar-refractivity contribution in [1.29, 1.82) is 0 Å². The largest absolute Gasteiger partial charge is 0.409 e. The fourth-order valence-corrected chi connectivity index (χ4v) is 2.89. The van der Waals surface area contributed by atoms with Crippen LogP contribution in [0.15, 0.2) is 59.8 Å². The first-order valence-electron chi connectivity index (χ1n) is 7.16. The first-order chi connectivity index (χ1) is 10.3. The van der Waals surface area contributed by atoms with E-state index < -0.39 is 0 Å². The lowest BCUT2D eigenvalue weighted by Crippen LogP contribution is -2.19. The summed E-state index contributed by atoms with van der Waals surface area (Å²) in [5.41, 5.74) is 8.91. The lowest BCUT2D eigenvalue weighted by Gasteiger charge is -2.19. The minimum atomic E-state index is 0.144. The molecule has 108 valence electrons. The minimum Gasteiger partial charge on any atom is -0.409 e. The van der Waals surface area contributed by atoms with E-state index in [1.54, 1.807) is 0 Å². The molecule has 21 heavy (non-hydrogen) atoms. The van der Waals surface area contributed by atoms with Crippen LogP contribution in [0.5, 0.6) is 0 Å². The molecule has 2 aromatic rings. The Kier molecular flexibility index (Phi) is 3.77. The lowest BCUT2D eigenvalue weighted by molar-refractivity contribution is 0.318. The van der Waals surface area contributed by atoms with Crippen molar-refractivity contribution in [1.82, 2.24) is 0 Å². The van der Waals surface area contributed by atoms with Gasteiger partial charge in [-0.05, 0) is 36.2 Å². The van der Waals surface area contributed by atoms with Crippen LogP contribution in [-0.4, -0.2) is 24.1 Å². The lowest BCUT2D eigenvalue weighted by atomic mass is 9.99. The van der Waals surface area contributed by atoms with Crippen LogP contribution >= 0.6 is 0 Å². The van der Waals surface area contributed by atoms with Crippen molar-refractivity contribution in [3.63, 3.8) is 0 Å². The number of anilines is 1. The molecule has 2 aromatic carbocycles. The van der Waals surface area contributed by atoms with Gasteiger partial charge in [-0.3, -0.25) is 0 Å². The number of rotatable bonds is 3. The quantitative estimate of drug-likeness (QED) is 0.393. The van der Waals surface area contributed by atoms with Crippen molar-refractivity contribution in [3.8, 4) is 0 Å². The first kappa shape index (κ1) is 13.5. The molecule has 3 rings (SSSR count). The Labute approximate surface area is 124 Å². The van der Waals surface area contributed by atoms with E-state index in [0.29, 0.717) is 5.92 Å². The molecule has 1 atom stereocenters. The van der Waals surface area contributed by atoms with Crippen LogP contribution in [0.1, 0.15) is 23.5 Å². The highest BCUT2D eigenvalue weighted by atomic mass is 16.4. The minimum absolute atomic E-state index is 0.144. The molecule has 1 heterocycles. The number of benzene rings is 2. The van der Waals surface area contributed by atoms with E-state index in [-0.39, 0.29) is 5.84 Å². The van der Waals surface area contributed by atoms with Gasteiger partial charge in [0.25, 0.3) is 0 Å². The Morgan fingerprint density at radius 1 is 1.10 bits per heavy atom. The number of hydrogen-bond acceptors (Lipinski definition) is 3. The maximum Gasteiger partial charge on any atom is 0.170 e. The number of nitrogens with two attached hydrogens (primary N) is 1. The molecule has 0 aliphatic carbocycles. The molecule has 0 aromatic heterocycles. The van der Waals surface area contributed by atoms with Gasteiger partial charge in [-0.25, -0.2) is 0 Å². The maximum atomic E-state index is 8.68. The zero-order valence-electron chi connectivity index (χ0n) is 11.8. The Morgan fingerprint density at radius 2 is 1.81 bits per heavy atom. The number of hydrogen-bond donors (Lipinski definition) is 2. The molecule has 1 unspecified atom stereocenters. The summed E-state index contributed by atoms with van der Waals surface area (Å²) < 4.78 is 0. The second-order valence-corrected chi connectivity index (χ2v) is 5.37. The molecule has 0 radical (unpaired) electrons. The van der Waals surface area contributed by atoms with E-state index in [0.717, 1.165) is 18.7 Å². The van der Waals surface area contributed by atoms with E-state index in [2.05, 4.69) is 40.4 Å². The topological polar surface area (TPSA) is 61.9 Å². The predicted molar refractivity (Wildman–Crippen MR) is 85.0 cm³/mol. The number of amidine groups is 1. The van der Waals surface area contributed by atoms with Crippen LogP contribution in [0, 0.1) is 0 Å². The normalized spacial score (nSPS) is 19.0. The molecule has 1 aliphatic rings. The summed E-state index contributed by atoms with van der Waals surface area (Å²) in [5, 5.41) is 11.7. The summed E-state index contributed by atoms with van der Waals surface area (Å²) in [5.74, 6) is 0.736. The predicted octanol–water partition coefficient (Wildman–Crippen LogP) is 2.78. The van der Waals surface area contributed by atoms with Gasteiger partial charge in [-0.1, -0.05) is 35.5 Å². The van der Waals surface area contributed by atoms with Gasteiger partial charge in [0.2, 0.25) is 0 Å². The molecule has 0 amide bonds. The summed E-state index contributed by atoms with van der Waals surface area (Å²) in [7, 11) is 0. The van der Waals surface area contributed by atoms with Crippen LogP contribution in [0.4, 0.5) is 5.69 Å². The molecule has 0 spiro atoms. The zero-order chi connectivity index (χ0) is 14.7. The van der Waals surface area contributed by atoms with Crippen LogP contribution in [-0.2, 0) is 0 Å². The summed E-state index contributed by atoms with van der Waals surface area (Å²) in [6.07, 6.45) is 1.17. The molecule has 4 heteroatoms. The maximum absolute atomic E-state index is 8.68. The zero-order valence-corrected chi connectivity index (χ0v) is 11.8. The monoisotopic (exact) mass is 281 g/mol. The van der Waals surface area contributed by atoms with E-state index in [4.69, 9.17) is 10.9 Å². The van der Waals surface area contributed by atoms with Crippen LogP contribution in [0.3, 0.4) is 0 Å². The fraction of sp³-hybridized carbons (Fsp3) is 0.235. The second-order valence-electron chi connectivity index (χ2n) is 5.37. The van der Waals surface area contributed by atoms with Gasteiger partial charge in [-0.15, -0.1) is 0 Å². The van der Waals surface area contributed by atoms with Gasteiger partial charge in [0.1, 0.15) is 0 Å². The van der Waals surface area contributed by atoms with Crippen LogP contribution in [0.2, 0.25) is 0 Å². The molecule has 1 aliphatic heterocycles. The van der Waals surface area contributed by atoms with Gasteiger partial charge < -0.3 is 15.8 Å². The second kappa shape index (κ2) is 5.87. The average Bonchev–Trinajstić information content (AvgIpc) is 3.05. The summed E-state index contributed by atoms with van der Waals surface area (Å²) >= 11 is 0. The smallest absolute Gasteiger partial charge is 0.170 e. The van der Waals surface area contributed by atoms with Crippen molar-refractivity contribution in [2.45, 2.75) is 12.3 Å². The first-order valence-corrected chi connectivity index (χ1v) is 7.16. The standard InChI is InChI=1S/C17H19N3O/c18-17(19-21)14-6-8-16(9-7-14)20-11-10-15(12-20)13-4-2-1-3-5-13/h1-9,15,21H,10-12H2,(H2,18,19). The van der Waals surface area contributed by atoms with Crippen LogP contribution in [0.25, 0.3) is 0 Å². The molecular formula is C17H19N3O. The third-order valence-electron chi connectivity index (χ3n) is 4.10. The molecule has 3 N–H and O–H groups in total. The Hall–Kier alpha value is -2.49. The summed E-state index contributed by atoms with van der Waals surface area (Å²) in [6, 6.07) is 18.5. The molecular weight excluding hydrogens is 262 g/mol. The third kappa shape index (κ3) is 2.84. The number of oxime groups is 1. The van der Waals surface area contributed by atoms with Crippen molar-refractivity contribution in [2.75, 3.05) is 18.0 Å². The molecule has 0 saturated carbocycles. The van der Waals surface area contributed by atoms with Crippen LogP contribution < -0.4 is 10.6 Å². The van der Waals surface area contributed by atoms with Crippen molar-refractivity contribution < 1.29 is 5.21 Å². The molecule has 0 bridgehead atoms. The molecule has 4 nitrogen and oxygen atoms in total. The Balaban J connectivity index is 1.72. The highest BCUT2D eigenvalue weighted by Crippen LogP contribution is 2.30. The SMILES string of the molecule is NC(=NO)c1ccc(N2CCC(c3ccccc3)C2)cc1. The highest BCUT2D eigenvalue weighted by molar-refractivity contribution is 5.97. The van der Waals surface area contributed by atoms with Gasteiger partial charge in [0.15, 0.2) is 5.84 Å². The van der Waals surface area contributed by atoms with Gasteiger partial charge in [0, 0.05) is 30.3 Å². The Bertz CT molecular complexity index is 622. The fourth-order valence-electron chi connectivity index (χ4n) is 2.89. The van der Waals surface area contributed by atoms with Gasteiger partial charge in [-0.2, -0.15) is 0 Å². The average molecular weight is 281 g/mol. The van der Waals surface area contributed by atoms with Gasteiger partial charge >= 0.3 is 0 Å². The van der Waals surface area contributed by atoms with E-state index >= 15 is 0 Å². The third-order valence-corrected chi connectivity index (χ3v) is 4.10. The van der Waals surface area contributed by atoms with E-state index in [9.17, 15) is 0 Å². The number of nitrogens with zero attached hydrogens (tertiary/aromatic N) is 2. The van der Waals surface area contributed by atoms with Crippen molar-refractivity contribution >= 4 is 11.5 Å².